The lowest BCUT2D eigenvalue weighted by Crippen LogP contribution is -2.49. The molecule has 2 amide bonds. The first-order chi connectivity index (χ1) is 9.93. The van der Waals surface area contributed by atoms with Gasteiger partial charge in [-0.25, -0.2) is 5.48 Å². The maximum absolute atomic E-state index is 12.1. The largest absolute Gasteiger partial charge is 0.390 e. The number of hydroxylamine groups is 1. The van der Waals surface area contributed by atoms with Crippen molar-refractivity contribution in [3.05, 3.63) is 35.4 Å². The van der Waals surface area contributed by atoms with E-state index < -0.39 is 36.0 Å². The van der Waals surface area contributed by atoms with Crippen molar-refractivity contribution in [3.8, 4) is 0 Å². The van der Waals surface area contributed by atoms with Crippen LogP contribution in [0.5, 0.6) is 0 Å². The van der Waals surface area contributed by atoms with Crippen molar-refractivity contribution in [2.45, 2.75) is 31.6 Å². The molecular weight excluding hydrogens is 276 g/mol. The third-order valence-corrected chi connectivity index (χ3v) is 3.75. The summed E-state index contributed by atoms with van der Waals surface area (Å²) < 4.78 is 0. The van der Waals surface area contributed by atoms with E-state index >= 15 is 0 Å². The second-order valence-corrected chi connectivity index (χ2v) is 5.24. The Labute approximate surface area is 121 Å². The van der Waals surface area contributed by atoms with E-state index in [0.717, 1.165) is 5.56 Å². The normalized spacial score (nSPS) is 28.2. The van der Waals surface area contributed by atoms with Crippen LogP contribution in [0.25, 0.3) is 0 Å². The monoisotopic (exact) mass is 294 g/mol. The minimum atomic E-state index is -1.26. The molecule has 0 heterocycles. The van der Waals surface area contributed by atoms with Gasteiger partial charge in [0, 0.05) is 5.56 Å². The number of carbonyl (C=O) groups excluding carboxylic acids is 2. The molecule has 114 valence electrons. The maximum atomic E-state index is 12.1. The first-order valence-electron chi connectivity index (χ1n) is 6.61. The molecule has 0 spiro atoms. The Bertz CT molecular complexity index is 531. The topological polar surface area (TPSA) is 119 Å². The fraction of sp³-hybridized carbons (Fsp3) is 0.429. The number of aryl methyl sites for hydroxylation is 1. The summed E-state index contributed by atoms with van der Waals surface area (Å²) in [4.78, 5) is 23.7. The van der Waals surface area contributed by atoms with Crippen LogP contribution in [-0.4, -0.2) is 45.5 Å². The van der Waals surface area contributed by atoms with Gasteiger partial charge >= 0.3 is 0 Å². The molecule has 1 aliphatic rings. The lowest BCUT2D eigenvalue weighted by atomic mass is 10.0. The smallest absolute Gasteiger partial charge is 0.251 e. The predicted molar refractivity (Wildman–Crippen MR) is 72.5 cm³/mol. The van der Waals surface area contributed by atoms with Gasteiger partial charge in [0.2, 0.25) is 5.91 Å². The molecule has 21 heavy (non-hydrogen) atoms. The molecule has 4 unspecified atom stereocenters. The third-order valence-electron chi connectivity index (χ3n) is 3.75. The van der Waals surface area contributed by atoms with E-state index in [-0.39, 0.29) is 6.42 Å². The van der Waals surface area contributed by atoms with Crippen LogP contribution in [0.1, 0.15) is 22.3 Å². The van der Waals surface area contributed by atoms with E-state index in [4.69, 9.17) is 5.21 Å². The quantitative estimate of drug-likeness (QED) is 0.374. The highest BCUT2D eigenvalue weighted by molar-refractivity contribution is 5.95. The van der Waals surface area contributed by atoms with E-state index in [1.54, 1.807) is 24.3 Å². The molecule has 0 bridgehead atoms. The molecule has 7 heteroatoms. The molecule has 1 aliphatic carbocycles. The molecule has 2 rings (SSSR count). The minimum Gasteiger partial charge on any atom is -0.390 e. The lowest BCUT2D eigenvalue weighted by Gasteiger charge is -2.22. The highest BCUT2D eigenvalue weighted by Crippen LogP contribution is 2.27. The molecule has 5 N–H and O–H groups in total. The zero-order chi connectivity index (χ0) is 15.6. The molecule has 1 aromatic carbocycles. The second kappa shape index (κ2) is 6.21. The summed E-state index contributed by atoms with van der Waals surface area (Å²) >= 11 is 0. The Morgan fingerprint density at radius 2 is 1.81 bits per heavy atom. The number of nitrogens with one attached hydrogen (secondary N) is 2. The Kier molecular flexibility index (Phi) is 4.56. The molecule has 1 aromatic rings. The van der Waals surface area contributed by atoms with Crippen LogP contribution in [0.2, 0.25) is 0 Å². The van der Waals surface area contributed by atoms with Gasteiger partial charge in [0.1, 0.15) is 6.10 Å². The number of benzene rings is 1. The van der Waals surface area contributed by atoms with Crippen molar-refractivity contribution in [1.82, 2.24) is 10.8 Å². The van der Waals surface area contributed by atoms with Gasteiger partial charge in [0.25, 0.3) is 5.91 Å². The minimum absolute atomic E-state index is 0.0353. The predicted octanol–water partition coefficient (Wildman–Crippen LogP) is -0.659. The molecule has 0 radical (unpaired) electrons. The summed E-state index contributed by atoms with van der Waals surface area (Å²) in [5.41, 5.74) is 2.87. The average Bonchev–Trinajstić information content (AvgIpc) is 2.75. The Hall–Kier alpha value is -1.96. The van der Waals surface area contributed by atoms with Gasteiger partial charge in [-0.05, 0) is 25.5 Å². The van der Waals surface area contributed by atoms with Crippen molar-refractivity contribution >= 4 is 11.8 Å². The highest BCUT2D eigenvalue weighted by atomic mass is 16.5. The maximum Gasteiger partial charge on any atom is 0.251 e. The number of hydrogen-bond acceptors (Lipinski definition) is 5. The Morgan fingerprint density at radius 1 is 1.19 bits per heavy atom. The van der Waals surface area contributed by atoms with Gasteiger partial charge in [-0.15, -0.1) is 0 Å². The zero-order valence-corrected chi connectivity index (χ0v) is 11.5. The zero-order valence-electron chi connectivity index (χ0n) is 11.5. The summed E-state index contributed by atoms with van der Waals surface area (Å²) in [6.45, 7) is 1.89. The van der Waals surface area contributed by atoms with Crippen LogP contribution in [0, 0.1) is 12.8 Å². The van der Waals surface area contributed by atoms with Crippen molar-refractivity contribution in [2.24, 2.45) is 5.92 Å². The average molecular weight is 294 g/mol. The van der Waals surface area contributed by atoms with E-state index in [1.807, 2.05) is 6.92 Å². The van der Waals surface area contributed by atoms with Gasteiger partial charge < -0.3 is 15.5 Å². The number of aliphatic hydroxyl groups excluding tert-OH is 2. The van der Waals surface area contributed by atoms with Gasteiger partial charge in [-0.3, -0.25) is 14.8 Å². The first kappa shape index (κ1) is 15.4. The molecule has 0 aromatic heterocycles. The fourth-order valence-corrected chi connectivity index (χ4v) is 2.50. The number of aliphatic hydroxyl groups is 2. The van der Waals surface area contributed by atoms with Crippen LogP contribution in [-0.2, 0) is 4.79 Å². The Balaban J connectivity index is 2.13. The van der Waals surface area contributed by atoms with Crippen LogP contribution < -0.4 is 10.8 Å². The van der Waals surface area contributed by atoms with E-state index in [0.29, 0.717) is 5.56 Å². The molecule has 0 saturated heterocycles. The molecule has 1 fully saturated rings. The van der Waals surface area contributed by atoms with Crippen LogP contribution in [0.3, 0.4) is 0 Å². The Morgan fingerprint density at radius 3 is 2.38 bits per heavy atom. The number of amides is 2. The molecular formula is C14H18N2O5. The van der Waals surface area contributed by atoms with Crippen molar-refractivity contribution in [3.63, 3.8) is 0 Å². The summed E-state index contributed by atoms with van der Waals surface area (Å²) in [7, 11) is 0. The van der Waals surface area contributed by atoms with Crippen LogP contribution in [0.15, 0.2) is 24.3 Å². The van der Waals surface area contributed by atoms with Crippen molar-refractivity contribution in [2.75, 3.05) is 0 Å². The fourth-order valence-electron chi connectivity index (χ4n) is 2.50. The second-order valence-electron chi connectivity index (χ2n) is 5.24. The standard InChI is InChI=1S/C14H18N2O5/c1-7-2-4-8(5-3-7)13(19)15-11-9(14(20)16-21)6-10(17)12(11)18/h2-5,9-12,17-18,21H,6H2,1H3,(H,15,19)(H,16,20). The highest BCUT2D eigenvalue weighted by Gasteiger charge is 2.46. The summed E-state index contributed by atoms with van der Waals surface area (Å²) in [5, 5.41) is 30.8. The van der Waals surface area contributed by atoms with Gasteiger partial charge in [0.15, 0.2) is 0 Å². The van der Waals surface area contributed by atoms with Gasteiger partial charge in [-0.1, -0.05) is 17.7 Å². The van der Waals surface area contributed by atoms with Gasteiger partial charge in [0.05, 0.1) is 18.1 Å². The summed E-state index contributed by atoms with van der Waals surface area (Å²) in [5.74, 6) is -2.10. The van der Waals surface area contributed by atoms with Gasteiger partial charge in [-0.2, -0.15) is 0 Å². The summed E-state index contributed by atoms with van der Waals surface area (Å²) in [6, 6.07) is 5.84. The molecule has 4 atom stereocenters. The number of hydrogen-bond donors (Lipinski definition) is 5. The SMILES string of the molecule is Cc1ccc(C(=O)NC2C(C(=O)NO)CC(O)C2O)cc1. The van der Waals surface area contributed by atoms with Crippen LogP contribution >= 0.6 is 0 Å². The molecule has 7 nitrogen and oxygen atoms in total. The number of carbonyl (C=O) groups is 2. The van der Waals surface area contributed by atoms with Crippen LogP contribution in [0.4, 0.5) is 0 Å². The van der Waals surface area contributed by atoms with E-state index in [2.05, 4.69) is 5.32 Å². The van der Waals surface area contributed by atoms with E-state index in [9.17, 15) is 19.8 Å². The molecule has 0 aliphatic heterocycles. The molecule has 1 saturated carbocycles. The summed E-state index contributed by atoms with van der Waals surface area (Å²) in [6.07, 6.45) is -2.43. The van der Waals surface area contributed by atoms with Crippen molar-refractivity contribution in [1.29, 1.82) is 0 Å². The van der Waals surface area contributed by atoms with Crippen molar-refractivity contribution < 1.29 is 25.0 Å². The van der Waals surface area contributed by atoms with E-state index in [1.165, 1.54) is 5.48 Å². The lowest BCUT2D eigenvalue weighted by molar-refractivity contribution is -0.134. The first-order valence-corrected chi connectivity index (χ1v) is 6.61. The third kappa shape index (κ3) is 3.21. The number of rotatable bonds is 3.